The van der Waals surface area contributed by atoms with Crippen molar-refractivity contribution in [2.24, 2.45) is 0 Å². The van der Waals surface area contributed by atoms with Gasteiger partial charge in [-0.25, -0.2) is 9.07 Å². The number of rotatable bonds is 3. The largest absolute Gasteiger partial charge is 0.308 e. The molecule has 4 heteroatoms. The van der Waals surface area contributed by atoms with Gasteiger partial charge in [0, 0.05) is 23.3 Å². The summed E-state index contributed by atoms with van der Waals surface area (Å²) in [4.78, 5) is 0. The molecule has 2 rings (SSSR count). The van der Waals surface area contributed by atoms with E-state index in [9.17, 15) is 4.39 Å². The molecule has 0 saturated heterocycles. The van der Waals surface area contributed by atoms with Crippen LogP contribution in [0.15, 0.2) is 24.4 Å². The normalized spacial score (nSPS) is 11.9. The Balaban J connectivity index is 2.28. The molecule has 1 heterocycles. The van der Waals surface area contributed by atoms with Crippen LogP contribution in [0.2, 0.25) is 0 Å². The molecule has 0 bridgehead atoms. The molecule has 1 N–H and O–H groups in total. The Hall–Kier alpha value is -1.68. The van der Waals surface area contributed by atoms with Crippen LogP contribution in [0, 0.1) is 19.7 Å². The van der Waals surface area contributed by atoms with Gasteiger partial charge in [-0.1, -0.05) is 0 Å². The minimum atomic E-state index is -0.217. The number of halogens is 1. The first-order chi connectivity index (χ1) is 9.28. The number of nitrogens with zero attached hydrogens (tertiary/aromatic N) is 2. The fourth-order valence-corrected chi connectivity index (χ4v) is 2.08. The van der Waals surface area contributed by atoms with Crippen LogP contribution >= 0.6 is 0 Å². The number of benzene rings is 1. The number of aromatic nitrogens is 2. The molecule has 0 radical (unpaired) electrons. The van der Waals surface area contributed by atoms with Crippen LogP contribution in [0.3, 0.4) is 0 Å². The van der Waals surface area contributed by atoms with Crippen LogP contribution < -0.4 is 5.32 Å². The summed E-state index contributed by atoms with van der Waals surface area (Å²) >= 11 is 0. The number of hydrogen-bond acceptors (Lipinski definition) is 2. The second-order valence-corrected chi connectivity index (χ2v) is 6.20. The van der Waals surface area contributed by atoms with Crippen molar-refractivity contribution < 1.29 is 4.39 Å². The third-order valence-corrected chi connectivity index (χ3v) is 3.31. The second-order valence-electron chi connectivity index (χ2n) is 6.20. The highest BCUT2D eigenvalue weighted by Gasteiger charge is 2.13. The predicted octanol–water partition coefficient (Wildman–Crippen LogP) is 3.52. The van der Waals surface area contributed by atoms with Crippen molar-refractivity contribution in [2.75, 3.05) is 0 Å². The van der Waals surface area contributed by atoms with Gasteiger partial charge in [0.1, 0.15) is 5.82 Å². The zero-order valence-corrected chi connectivity index (χ0v) is 12.8. The molecule has 20 heavy (non-hydrogen) atoms. The average molecular weight is 275 g/mol. The zero-order valence-electron chi connectivity index (χ0n) is 12.8. The Kier molecular flexibility index (Phi) is 3.95. The van der Waals surface area contributed by atoms with E-state index in [0.29, 0.717) is 0 Å². The number of nitrogens with one attached hydrogen (secondary N) is 1. The van der Waals surface area contributed by atoms with E-state index in [2.05, 4.69) is 31.2 Å². The topological polar surface area (TPSA) is 29.9 Å². The summed E-state index contributed by atoms with van der Waals surface area (Å²) in [6.45, 7) is 11.1. The van der Waals surface area contributed by atoms with E-state index in [-0.39, 0.29) is 11.4 Å². The molecular weight excluding hydrogens is 253 g/mol. The van der Waals surface area contributed by atoms with E-state index >= 15 is 0 Å². The molecule has 108 valence electrons. The maximum absolute atomic E-state index is 13.2. The second kappa shape index (κ2) is 5.37. The minimum absolute atomic E-state index is 0.0698. The standard InChI is InChI=1S/C16H22FN3/c1-11-8-14(17)6-7-15(11)20-12(2)13(10-19-20)9-18-16(3,4)5/h6-8,10,18H,9H2,1-5H3. The van der Waals surface area contributed by atoms with Gasteiger partial charge in [-0.3, -0.25) is 0 Å². The predicted molar refractivity (Wildman–Crippen MR) is 79.6 cm³/mol. The van der Waals surface area contributed by atoms with Crippen LogP contribution in [-0.4, -0.2) is 15.3 Å². The van der Waals surface area contributed by atoms with Gasteiger partial charge < -0.3 is 5.32 Å². The third kappa shape index (κ3) is 3.25. The van der Waals surface area contributed by atoms with Crippen molar-refractivity contribution in [1.82, 2.24) is 15.1 Å². The van der Waals surface area contributed by atoms with Crippen molar-refractivity contribution in [3.8, 4) is 5.69 Å². The summed E-state index contributed by atoms with van der Waals surface area (Å²) in [7, 11) is 0. The highest BCUT2D eigenvalue weighted by molar-refractivity contribution is 5.42. The summed E-state index contributed by atoms with van der Waals surface area (Å²) in [5.74, 6) is -0.217. The monoisotopic (exact) mass is 275 g/mol. The lowest BCUT2D eigenvalue weighted by Crippen LogP contribution is -2.35. The van der Waals surface area contributed by atoms with Crippen molar-refractivity contribution in [3.63, 3.8) is 0 Å². The fourth-order valence-electron chi connectivity index (χ4n) is 2.08. The first-order valence-electron chi connectivity index (χ1n) is 6.83. The lowest BCUT2D eigenvalue weighted by Gasteiger charge is -2.20. The minimum Gasteiger partial charge on any atom is -0.308 e. The summed E-state index contributed by atoms with van der Waals surface area (Å²) in [5, 5.41) is 7.89. The van der Waals surface area contributed by atoms with Crippen LogP contribution in [-0.2, 0) is 6.54 Å². The molecule has 0 aliphatic heterocycles. The lowest BCUT2D eigenvalue weighted by atomic mass is 10.1. The molecule has 2 aromatic rings. The molecule has 0 amide bonds. The maximum atomic E-state index is 13.2. The highest BCUT2D eigenvalue weighted by atomic mass is 19.1. The van der Waals surface area contributed by atoms with Crippen LogP contribution in [0.4, 0.5) is 4.39 Å². The van der Waals surface area contributed by atoms with Gasteiger partial charge >= 0.3 is 0 Å². The number of aryl methyl sites for hydroxylation is 1. The van der Waals surface area contributed by atoms with Crippen molar-refractivity contribution >= 4 is 0 Å². The van der Waals surface area contributed by atoms with Crippen LogP contribution in [0.5, 0.6) is 0 Å². The molecular formula is C16H22FN3. The SMILES string of the molecule is Cc1cc(F)ccc1-n1ncc(CNC(C)(C)C)c1C. The van der Waals surface area contributed by atoms with Crippen molar-refractivity contribution in [2.45, 2.75) is 46.7 Å². The summed E-state index contributed by atoms with van der Waals surface area (Å²) < 4.78 is 15.1. The van der Waals surface area contributed by atoms with Gasteiger partial charge in [-0.2, -0.15) is 5.10 Å². The summed E-state index contributed by atoms with van der Waals surface area (Å²) in [6.07, 6.45) is 1.87. The Morgan fingerprint density at radius 2 is 1.95 bits per heavy atom. The molecule has 0 unspecified atom stereocenters. The Bertz CT molecular complexity index is 609. The van der Waals surface area contributed by atoms with E-state index in [1.54, 1.807) is 6.07 Å². The van der Waals surface area contributed by atoms with E-state index in [1.165, 1.54) is 12.1 Å². The Morgan fingerprint density at radius 3 is 2.55 bits per heavy atom. The van der Waals surface area contributed by atoms with Gasteiger partial charge in [0.25, 0.3) is 0 Å². The molecule has 1 aromatic carbocycles. The third-order valence-electron chi connectivity index (χ3n) is 3.31. The molecule has 0 aliphatic rings. The fraction of sp³-hybridized carbons (Fsp3) is 0.438. The number of hydrogen-bond donors (Lipinski definition) is 1. The lowest BCUT2D eigenvalue weighted by molar-refractivity contribution is 0.424. The smallest absolute Gasteiger partial charge is 0.123 e. The summed E-state index contributed by atoms with van der Waals surface area (Å²) in [6, 6.07) is 4.77. The van der Waals surface area contributed by atoms with Crippen molar-refractivity contribution in [1.29, 1.82) is 0 Å². The molecule has 0 aliphatic carbocycles. The van der Waals surface area contributed by atoms with E-state index in [0.717, 1.165) is 29.1 Å². The first-order valence-corrected chi connectivity index (χ1v) is 6.83. The molecule has 0 saturated carbocycles. The van der Waals surface area contributed by atoms with Gasteiger partial charge in [0.15, 0.2) is 0 Å². The molecule has 1 aromatic heterocycles. The van der Waals surface area contributed by atoms with Crippen molar-refractivity contribution in [3.05, 3.63) is 47.0 Å². The molecule has 0 spiro atoms. The Labute approximate surface area is 119 Å². The van der Waals surface area contributed by atoms with Gasteiger partial charge in [-0.05, 0) is 58.4 Å². The van der Waals surface area contributed by atoms with Crippen LogP contribution in [0.25, 0.3) is 5.69 Å². The van der Waals surface area contributed by atoms with Gasteiger partial charge in [0.2, 0.25) is 0 Å². The molecule has 0 atom stereocenters. The van der Waals surface area contributed by atoms with Gasteiger partial charge in [0.05, 0.1) is 11.9 Å². The Morgan fingerprint density at radius 1 is 1.25 bits per heavy atom. The molecule has 0 fully saturated rings. The summed E-state index contributed by atoms with van der Waals surface area (Å²) in [5.41, 5.74) is 4.11. The van der Waals surface area contributed by atoms with Gasteiger partial charge in [-0.15, -0.1) is 0 Å². The van der Waals surface area contributed by atoms with E-state index in [1.807, 2.05) is 24.7 Å². The zero-order chi connectivity index (χ0) is 14.9. The highest BCUT2D eigenvalue weighted by Crippen LogP contribution is 2.19. The first kappa shape index (κ1) is 14.7. The quantitative estimate of drug-likeness (QED) is 0.929. The van der Waals surface area contributed by atoms with E-state index in [4.69, 9.17) is 0 Å². The average Bonchev–Trinajstić information content (AvgIpc) is 2.67. The maximum Gasteiger partial charge on any atom is 0.123 e. The van der Waals surface area contributed by atoms with E-state index < -0.39 is 0 Å². The van der Waals surface area contributed by atoms with Crippen LogP contribution in [0.1, 0.15) is 37.6 Å². The molecule has 3 nitrogen and oxygen atoms in total.